The fraction of sp³-hybridized carbons (Fsp3) is 0.929. The lowest BCUT2D eigenvalue weighted by Crippen LogP contribution is -2.39. The molecule has 0 saturated carbocycles. The van der Waals surface area contributed by atoms with E-state index in [0.717, 1.165) is 38.5 Å². The number of carbonyl (C=O) groups is 1. The van der Waals surface area contributed by atoms with E-state index in [1.807, 2.05) is 20.9 Å². The van der Waals surface area contributed by atoms with Crippen molar-refractivity contribution in [3.8, 4) is 0 Å². The smallest absolute Gasteiger partial charge is 0.311 e. The van der Waals surface area contributed by atoms with E-state index in [0.29, 0.717) is 0 Å². The van der Waals surface area contributed by atoms with E-state index in [9.17, 15) is 4.79 Å². The van der Waals surface area contributed by atoms with Crippen LogP contribution in [0.3, 0.4) is 0 Å². The molecule has 4 heteroatoms. The quantitative estimate of drug-likeness (QED) is 0.731. The second-order valence-corrected chi connectivity index (χ2v) is 5.97. The lowest BCUT2D eigenvalue weighted by Gasteiger charge is -2.33. The Kier molecular flexibility index (Phi) is 6.09. The van der Waals surface area contributed by atoms with Crippen LogP contribution in [-0.4, -0.2) is 51.2 Å². The van der Waals surface area contributed by atoms with Crippen molar-refractivity contribution in [3.05, 3.63) is 0 Å². The minimum atomic E-state index is -0.365. The molecular weight excluding hydrogens is 228 g/mol. The predicted octanol–water partition coefficient (Wildman–Crippen LogP) is 1.51. The van der Waals surface area contributed by atoms with Gasteiger partial charge in [-0.2, -0.15) is 0 Å². The molecule has 0 aromatic carbocycles. The Morgan fingerprint density at radius 3 is 2.50 bits per heavy atom. The number of rotatable bonds is 6. The number of hydrogen-bond acceptors (Lipinski definition) is 4. The van der Waals surface area contributed by atoms with Gasteiger partial charge in [-0.25, -0.2) is 0 Å². The van der Waals surface area contributed by atoms with Crippen molar-refractivity contribution < 1.29 is 9.53 Å². The number of likely N-dealkylation sites (tertiary alicyclic amines) is 1. The van der Waals surface area contributed by atoms with Crippen LogP contribution in [0.25, 0.3) is 0 Å². The summed E-state index contributed by atoms with van der Waals surface area (Å²) in [6.07, 6.45) is 3.40. The number of carbonyl (C=O) groups excluding carboxylic acids is 1. The zero-order chi connectivity index (χ0) is 13.6. The molecule has 1 aliphatic heterocycles. The van der Waals surface area contributed by atoms with Gasteiger partial charge in [-0.05, 0) is 72.3 Å². The first-order valence-corrected chi connectivity index (χ1v) is 6.95. The molecule has 1 N–H and O–H groups in total. The average molecular weight is 256 g/mol. The molecule has 4 nitrogen and oxygen atoms in total. The molecule has 1 aliphatic rings. The van der Waals surface area contributed by atoms with Gasteiger partial charge in [-0.3, -0.25) is 4.79 Å². The van der Waals surface area contributed by atoms with Crippen LogP contribution >= 0.6 is 0 Å². The molecule has 0 amide bonds. The summed E-state index contributed by atoms with van der Waals surface area (Å²) in [5.41, 5.74) is -0.365. The maximum absolute atomic E-state index is 11.6. The van der Waals surface area contributed by atoms with E-state index in [1.165, 1.54) is 20.0 Å². The summed E-state index contributed by atoms with van der Waals surface area (Å²) in [4.78, 5) is 14.1. The minimum Gasteiger partial charge on any atom is -0.469 e. The first kappa shape index (κ1) is 15.4. The van der Waals surface area contributed by atoms with E-state index >= 15 is 0 Å². The van der Waals surface area contributed by atoms with Crippen molar-refractivity contribution in [3.63, 3.8) is 0 Å². The van der Waals surface area contributed by atoms with Gasteiger partial charge in [0.2, 0.25) is 0 Å². The first-order chi connectivity index (χ1) is 8.49. The highest BCUT2D eigenvalue weighted by Crippen LogP contribution is 2.24. The van der Waals surface area contributed by atoms with Crippen LogP contribution in [-0.2, 0) is 9.53 Å². The minimum absolute atomic E-state index is 0.104. The van der Waals surface area contributed by atoms with Crippen LogP contribution in [0.1, 0.15) is 33.1 Å². The van der Waals surface area contributed by atoms with Gasteiger partial charge >= 0.3 is 5.97 Å². The molecule has 0 atom stereocenters. The Hall–Kier alpha value is -0.610. The molecule has 1 saturated heterocycles. The highest BCUT2D eigenvalue weighted by atomic mass is 16.5. The van der Waals surface area contributed by atoms with Gasteiger partial charge in [0.15, 0.2) is 0 Å². The molecule has 1 heterocycles. The molecule has 0 aromatic heterocycles. The van der Waals surface area contributed by atoms with Crippen LogP contribution in [0, 0.1) is 11.3 Å². The molecule has 106 valence electrons. The third kappa shape index (κ3) is 4.58. The van der Waals surface area contributed by atoms with Gasteiger partial charge in [0.25, 0.3) is 0 Å². The molecule has 0 aromatic rings. The summed E-state index contributed by atoms with van der Waals surface area (Å²) in [6, 6.07) is 0. The predicted molar refractivity (Wildman–Crippen MR) is 73.5 cm³/mol. The van der Waals surface area contributed by atoms with E-state index in [4.69, 9.17) is 4.74 Å². The summed E-state index contributed by atoms with van der Waals surface area (Å²) in [5, 5.41) is 3.25. The van der Waals surface area contributed by atoms with E-state index in [2.05, 4.69) is 10.2 Å². The Bertz CT molecular complexity index is 259. The molecular formula is C14H28N2O2. The van der Waals surface area contributed by atoms with Crippen LogP contribution < -0.4 is 5.32 Å². The molecule has 18 heavy (non-hydrogen) atoms. The summed E-state index contributed by atoms with van der Waals surface area (Å²) >= 11 is 0. The number of hydrogen-bond donors (Lipinski definition) is 1. The summed E-state index contributed by atoms with van der Waals surface area (Å²) in [5.74, 6) is 0.715. The zero-order valence-corrected chi connectivity index (χ0v) is 12.3. The highest BCUT2D eigenvalue weighted by molar-refractivity contribution is 5.75. The van der Waals surface area contributed by atoms with Gasteiger partial charge in [-0.15, -0.1) is 0 Å². The zero-order valence-electron chi connectivity index (χ0n) is 12.3. The summed E-state index contributed by atoms with van der Waals surface area (Å²) in [7, 11) is 3.48. The summed E-state index contributed by atoms with van der Waals surface area (Å²) < 4.78 is 4.84. The Balaban J connectivity index is 2.27. The van der Waals surface area contributed by atoms with Crippen molar-refractivity contribution in [1.82, 2.24) is 10.2 Å². The second kappa shape index (κ2) is 7.10. The molecule has 1 rings (SSSR count). The van der Waals surface area contributed by atoms with Gasteiger partial charge < -0.3 is 15.0 Å². The summed E-state index contributed by atoms with van der Waals surface area (Å²) in [6.45, 7) is 8.36. The van der Waals surface area contributed by atoms with Gasteiger partial charge in [0, 0.05) is 0 Å². The third-order valence-electron chi connectivity index (χ3n) is 3.99. The largest absolute Gasteiger partial charge is 0.469 e. The van der Waals surface area contributed by atoms with Crippen molar-refractivity contribution in [2.45, 2.75) is 33.1 Å². The Labute approximate surface area is 111 Å². The normalized spacial score (nSPS) is 18.9. The SMILES string of the molecule is CNCC1CCN(CCC(C)(C)C(=O)OC)CC1. The number of esters is 1. The third-order valence-corrected chi connectivity index (χ3v) is 3.99. The molecule has 0 radical (unpaired) electrons. The standard InChI is InChI=1S/C14H28N2O2/c1-14(2,13(17)18-4)7-10-16-8-5-12(6-9-16)11-15-3/h12,15H,5-11H2,1-4H3. The first-order valence-electron chi connectivity index (χ1n) is 6.95. The van der Waals surface area contributed by atoms with Crippen LogP contribution in [0.4, 0.5) is 0 Å². The molecule has 1 fully saturated rings. The van der Waals surface area contributed by atoms with Gasteiger partial charge in [-0.1, -0.05) is 0 Å². The highest BCUT2D eigenvalue weighted by Gasteiger charge is 2.29. The van der Waals surface area contributed by atoms with Crippen LogP contribution in [0.5, 0.6) is 0 Å². The van der Waals surface area contributed by atoms with Crippen molar-refractivity contribution in [1.29, 1.82) is 0 Å². The van der Waals surface area contributed by atoms with E-state index in [-0.39, 0.29) is 11.4 Å². The lowest BCUT2D eigenvalue weighted by atomic mass is 9.88. The van der Waals surface area contributed by atoms with Crippen molar-refractivity contribution >= 4 is 5.97 Å². The lowest BCUT2D eigenvalue weighted by molar-refractivity contribution is -0.151. The Morgan fingerprint density at radius 2 is 2.00 bits per heavy atom. The van der Waals surface area contributed by atoms with Crippen molar-refractivity contribution in [2.75, 3.05) is 40.3 Å². The number of nitrogens with one attached hydrogen (secondary N) is 1. The van der Waals surface area contributed by atoms with E-state index < -0.39 is 0 Å². The average Bonchev–Trinajstić information content (AvgIpc) is 2.37. The van der Waals surface area contributed by atoms with Crippen LogP contribution in [0.2, 0.25) is 0 Å². The van der Waals surface area contributed by atoms with E-state index in [1.54, 1.807) is 0 Å². The second-order valence-electron chi connectivity index (χ2n) is 5.97. The molecule has 0 unspecified atom stereocenters. The fourth-order valence-electron chi connectivity index (χ4n) is 2.52. The Morgan fingerprint density at radius 1 is 1.39 bits per heavy atom. The maximum atomic E-state index is 11.6. The number of piperidine rings is 1. The van der Waals surface area contributed by atoms with Crippen molar-refractivity contribution in [2.24, 2.45) is 11.3 Å². The fourth-order valence-corrected chi connectivity index (χ4v) is 2.52. The molecule has 0 bridgehead atoms. The van der Waals surface area contributed by atoms with Gasteiger partial charge in [0.05, 0.1) is 12.5 Å². The number of ether oxygens (including phenoxy) is 1. The number of nitrogens with zero attached hydrogens (tertiary/aromatic N) is 1. The number of methoxy groups -OCH3 is 1. The monoisotopic (exact) mass is 256 g/mol. The maximum Gasteiger partial charge on any atom is 0.311 e. The van der Waals surface area contributed by atoms with Crippen LogP contribution in [0.15, 0.2) is 0 Å². The van der Waals surface area contributed by atoms with Gasteiger partial charge in [0.1, 0.15) is 0 Å². The topological polar surface area (TPSA) is 41.6 Å². The molecule has 0 aliphatic carbocycles. The molecule has 0 spiro atoms.